The minimum atomic E-state index is 0.196. The molecule has 1 aromatic carbocycles. The second-order valence-electron chi connectivity index (χ2n) is 7.63. The maximum Gasteiger partial charge on any atom is 0.225 e. The van der Waals surface area contributed by atoms with Crippen LogP contribution in [0, 0.1) is 11.8 Å². The molecule has 2 aliphatic rings. The lowest BCUT2D eigenvalue weighted by atomic mass is 9.93. The van der Waals surface area contributed by atoms with Gasteiger partial charge < -0.3 is 15.0 Å². The van der Waals surface area contributed by atoms with Crippen molar-refractivity contribution in [2.24, 2.45) is 11.8 Å². The lowest BCUT2D eigenvalue weighted by Crippen LogP contribution is -2.50. The molecule has 1 aliphatic heterocycles. The fourth-order valence-electron chi connectivity index (χ4n) is 3.49. The topological polar surface area (TPSA) is 41.6 Å². The summed E-state index contributed by atoms with van der Waals surface area (Å²) < 4.78 is 5.76. The van der Waals surface area contributed by atoms with Gasteiger partial charge in [-0.3, -0.25) is 4.79 Å². The van der Waals surface area contributed by atoms with E-state index < -0.39 is 0 Å². The summed E-state index contributed by atoms with van der Waals surface area (Å²) in [7, 11) is 0. The number of amides is 1. The monoisotopic (exact) mass is 330 g/mol. The molecule has 2 atom stereocenters. The lowest BCUT2D eigenvalue weighted by Gasteiger charge is -2.37. The van der Waals surface area contributed by atoms with Gasteiger partial charge in [0.1, 0.15) is 5.75 Å². The Bertz CT molecular complexity index is 569. The second kappa shape index (κ2) is 7.56. The smallest absolute Gasteiger partial charge is 0.225 e. The SMILES string of the molecule is CC(C)Oc1cccc(CN[C@H]2CCN(C(=O)C3CC3)C[C@@H]2C)c1. The third-order valence-corrected chi connectivity index (χ3v) is 4.98. The molecule has 24 heavy (non-hydrogen) atoms. The summed E-state index contributed by atoms with van der Waals surface area (Å²) in [6, 6.07) is 8.78. The highest BCUT2D eigenvalue weighted by molar-refractivity contribution is 5.81. The molecule has 0 unspecified atom stereocenters. The molecule has 1 amide bonds. The fourth-order valence-corrected chi connectivity index (χ4v) is 3.49. The van der Waals surface area contributed by atoms with Crippen LogP contribution < -0.4 is 10.1 Å². The highest BCUT2D eigenvalue weighted by Crippen LogP contribution is 2.32. The van der Waals surface area contributed by atoms with Crippen molar-refractivity contribution < 1.29 is 9.53 Å². The van der Waals surface area contributed by atoms with E-state index in [4.69, 9.17) is 4.74 Å². The molecule has 1 aromatic rings. The standard InChI is InChI=1S/C20H30N2O2/c1-14(2)24-18-6-4-5-16(11-18)12-21-19-9-10-22(13-15(19)3)20(23)17-7-8-17/h4-6,11,14-15,17,19,21H,7-10,12-13H2,1-3H3/t15-,19-/m0/s1. The molecule has 1 heterocycles. The van der Waals surface area contributed by atoms with Gasteiger partial charge in [-0.25, -0.2) is 0 Å². The zero-order chi connectivity index (χ0) is 17.1. The number of ether oxygens (including phenoxy) is 1. The number of hydrogen-bond acceptors (Lipinski definition) is 3. The summed E-state index contributed by atoms with van der Waals surface area (Å²) in [5, 5.41) is 3.68. The van der Waals surface area contributed by atoms with E-state index in [-0.39, 0.29) is 6.10 Å². The average Bonchev–Trinajstić information content (AvgIpc) is 3.37. The Morgan fingerprint density at radius 2 is 2.12 bits per heavy atom. The molecule has 1 saturated heterocycles. The van der Waals surface area contributed by atoms with Crippen LogP contribution in [0.3, 0.4) is 0 Å². The maximum atomic E-state index is 12.2. The van der Waals surface area contributed by atoms with Crippen molar-refractivity contribution in [1.29, 1.82) is 0 Å². The van der Waals surface area contributed by atoms with E-state index in [1.165, 1.54) is 5.56 Å². The van der Waals surface area contributed by atoms with Crippen LogP contribution in [0.4, 0.5) is 0 Å². The van der Waals surface area contributed by atoms with Crippen LogP contribution in [0.25, 0.3) is 0 Å². The lowest BCUT2D eigenvalue weighted by molar-refractivity contribution is -0.134. The Hall–Kier alpha value is -1.55. The maximum absolute atomic E-state index is 12.2. The van der Waals surface area contributed by atoms with E-state index in [9.17, 15) is 4.79 Å². The van der Waals surface area contributed by atoms with Gasteiger partial charge in [-0.05, 0) is 56.7 Å². The largest absolute Gasteiger partial charge is 0.491 e. The number of hydrogen-bond donors (Lipinski definition) is 1. The third-order valence-electron chi connectivity index (χ3n) is 4.98. The highest BCUT2D eigenvalue weighted by atomic mass is 16.5. The molecule has 0 bridgehead atoms. The van der Waals surface area contributed by atoms with E-state index in [0.29, 0.717) is 23.8 Å². The summed E-state index contributed by atoms with van der Waals surface area (Å²) >= 11 is 0. The Balaban J connectivity index is 1.49. The van der Waals surface area contributed by atoms with E-state index in [1.54, 1.807) is 0 Å². The van der Waals surface area contributed by atoms with Crippen LogP contribution in [-0.4, -0.2) is 36.0 Å². The molecule has 0 spiro atoms. The zero-order valence-electron chi connectivity index (χ0n) is 15.1. The quantitative estimate of drug-likeness (QED) is 0.871. The second-order valence-corrected chi connectivity index (χ2v) is 7.63. The zero-order valence-corrected chi connectivity index (χ0v) is 15.1. The van der Waals surface area contributed by atoms with Gasteiger partial charge in [-0.15, -0.1) is 0 Å². The van der Waals surface area contributed by atoms with Crippen LogP contribution in [-0.2, 0) is 11.3 Å². The normalized spacial score (nSPS) is 24.2. The minimum Gasteiger partial charge on any atom is -0.491 e. The average molecular weight is 330 g/mol. The number of carbonyl (C=O) groups excluding carboxylic acids is 1. The van der Waals surface area contributed by atoms with Crippen molar-refractivity contribution in [1.82, 2.24) is 10.2 Å². The van der Waals surface area contributed by atoms with E-state index in [1.807, 2.05) is 19.9 Å². The van der Waals surface area contributed by atoms with Gasteiger partial charge in [0.2, 0.25) is 5.91 Å². The summed E-state index contributed by atoms with van der Waals surface area (Å²) in [4.78, 5) is 14.3. The molecule has 1 saturated carbocycles. The van der Waals surface area contributed by atoms with Crippen molar-refractivity contribution in [3.05, 3.63) is 29.8 Å². The number of piperidine rings is 1. The number of nitrogens with one attached hydrogen (secondary N) is 1. The predicted molar refractivity (Wildman–Crippen MR) is 95.9 cm³/mol. The number of benzene rings is 1. The van der Waals surface area contributed by atoms with Crippen LogP contribution in [0.1, 0.15) is 45.6 Å². The van der Waals surface area contributed by atoms with Gasteiger partial charge in [0.15, 0.2) is 0 Å². The molecule has 1 aliphatic carbocycles. The van der Waals surface area contributed by atoms with Crippen LogP contribution in [0.2, 0.25) is 0 Å². The van der Waals surface area contributed by atoms with E-state index >= 15 is 0 Å². The van der Waals surface area contributed by atoms with Crippen LogP contribution in [0.5, 0.6) is 5.75 Å². The number of rotatable bonds is 6. The molecule has 2 fully saturated rings. The number of carbonyl (C=O) groups is 1. The number of likely N-dealkylation sites (tertiary alicyclic amines) is 1. The van der Waals surface area contributed by atoms with Crippen molar-refractivity contribution >= 4 is 5.91 Å². The van der Waals surface area contributed by atoms with Crippen molar-refractivity contribution in [2.75, 3.05) is 13.1 Å². The molecule has 1 N–H and O–H groups in total. The van der Waals surface area contributed by atoms with Gasteiger partial charge in [-0.2, -0.15) is 0 Å². The summed E-state index contributed by atoms with van der Waals surface area (Å²) in [6.07, 6.45) is 3.43. The Morgan fingerprint density at radius 1 is 1.33 bits per heavy atom. The van der Waals surface area contributed by atoms with Crippen molar-refractivity contribution in [2.45, 2.75) is 58.7 Å². The molecule has 4 nitrogen and oxygen atoms in total. The molecule has 4 heteroatoms. The Morgan fingerprint density at radius 3 is 2.79 bits per heavy atom. The van der Waals surface area contributed by atoms with E-state index in [0.717, 1.165) is 44.6 Å². The van der Waals surface area contributed by atoms with Gasteiger partial charge in [-0.1, -0.05) is 19.1 Å². The van der Waals surface area contributed by atoms with Gasteiger partial charge in [0, 0.05) is 31.6 Å². The molecule has 0 radical (unpaired) electrons. The Labute approximate surface area is 145 Å². The predicted octanol–water partition coefficient (Wildman–Crippen LogP) is 3.21. The molecule has 132 valence electrons. The molecular weight excluding hydrogens is 300 g/mol. The summed E-state index contributed by atoms with van der Waals surface area (Å²) in [6.45, 7) is 8.98. The first-order valence-corrected chi connectivity index (χ1v) is 9.30. The first kappa shape index (κ1) is 17.3. The summed E-state index contributed by atoms with van der Waals surface area (Å²) in [5.41, 5.74) is 1.25. The summed E-state index contributed by atoms with van der Waals surface area (Å²) in [5.74, 6) is 2.16. The van der Waals surface area contributed by atoms with Gasteiger partial charge >= 0.3 is 0 Å². The first-order valence-electron chi connectivity index (χ1n) is 9.30. The van der Waals surface area contributed by atoms with Crippen LogP contribution >= 0.6 is 0 Å². The van der Waals surface area contributed by atoms with Gasteiger partial charge in [0.05, 0.1) is 6.10 Å². The number of nitrogens with zero attached hydrogens (tertiary/aromatic N) is 1. The van der Waals surface area contributed by atoms with Crippen molar-refractivity contribution in [3.8, 4) is 5.75 Å². The highest BCUT2D eigenvalue weighted by Gasteiger charge is 2.36. The minimum absolute atomic E-state index is 0.196. The fraction of sp³-hybridized carbons (Fsp3) is 0.650. The molecular formula is C20H30N2O2. The van der Waals surface area contributed by atoms with Crippen molar-refractivity contribution in [3.63, 3.8) is 0 Å². The van der Waals surface area contributed by atoms with Gasteiger partial charge in [0.25, 0.3) is 0 Å². The third kappa shape index (κ3) is 4.50. The molecule has 0 aromatic heterocycles. The van der Waals surface area contributed by atoms with E-state index in [2.05, 4.69) is 35.3 Å². The van der Waals surface area contributed by atoms with Crippen LogP contribution in [0.15, 0.2) is 24.3 Å². The molecule has 3 rings (SSSR count). The first-order chi connectivity index (χ1) is 11.5. The Kier molecular flexibility index (Phi) is 5.44.